The van der Waals surface area contributed by atoms with Crippen molar-refractivity contribution >= 4 is 41.2 Å². The molecule has 1 unspecified atom stereocenters. The Morgan fingerprint density at radius 3 is 1.71 bits per heavy atom. The molecule has 1 aliphatic heterocycles. The summed E-state index contributed by atoms with van der Waals surface area (Å²) in [7, 11) is 1.30. The molecule has 1 saturated heterocycles. The van der Waals surface area contributed by atoms with E-state index in [9.17, 15) is 59.1 Å². The van der Waals surface area contributed by atoms with Gasteiger partial charge in [-0.1, -0.05) is 153 Å². The summed E-state index contributed by atoms with van der Waals surface area (Å²) >= 11 is 0. The number of hydrogen-bond acceptors (Lipinski definition) is 18. The first kappa shape index (κ1) is 73.7. The van der Waals surface area contributed by atoms with Gasteiger partial charge in [-0.25, -0.2) is 0 Å². The third-order valence-electron chi connectivity index (χ3n) is 17.1. The molecule has 19 nitrogen and oxygen atoms in total. The van der Waals surface area contributed by atoms with E-state index in [1.54, 1.807) is 0 Å². The zero-order chi connectivity index (χ0) is 64.6. The van der Waals surface area contributed by atoms with Crippen LogP contribution >= 0.6 is 0 Å². The molecule has 0 radical (unpaired) electrons. The number of phenols is 2. The number of aromatic hydroxyl groups is 2. The molecule has 0 bridgehead atoms. The zero-order valence-corrected chi connectivity index (χ0v) is 53.5. The highest BCUT2D eigenvalue weighted by molar-refractivity contribution is 6.31. The molecule has 2 aromatic carbocycles. The Balaban J connectivity index is 1.12. The van der Waals surface area contributed by atoms with E-state index in [1.807, 2.05) is 0 Å². The van der Waals surface area contributed by atoms with Gasteiger partial charge >= 0.3 is 17.9 Å². The van der Waals surface area contributed by atoms with E-state index in [4.69, 9.17) is 28.4 Å². The van der Waals surface area contributed by atoms with Crippen molar-refractivity contribution in [2.24, 2.45) is 0 Å². The molecule has 6 N–H and O–H groups in total. The Morgan fingerprint density at radius 1 is 0.663 bits per heavy atom. The predicted octanol–water partition coefficient (Wildman–Crippen LogP) is 12.0. The molecular weight excluding hydrogens is 1140 g/mol. The van der Waals surface area contributed by atoms with Gasteiger partial charge < -0.3 is 59.3 Å². The van der Waals surface area contributed by atoms with Crippen LogP contribution in [0.4, 0.5) is 0 Å². The van der Waals surface area contributed by atoms with Crippen LogP contribution in [0.15, 0.2) is 42.5 Å². The number of methoxy groups -OCH3 is 1. The van der Waals surface area contributed by atoms with Gasteiger partial charge in [-0.15, -0.1) is 0 Å². The molecule has 3 aliphatic rings. The number of aliphatic hydroxyl groups excluding tert-OH is 2. The number of carbonyl (C=O) groups excluding carboxylic acids is 7. The number of esters is 3. The fraction of sp³-hybridized carbons (Fsp3) is 0.671. The smallest absolute Gasteiger partial charge is 0.306 e. The molecule has 0 aromatic heterocycles. The number of amides is 1. The van der Waals surface area contributed by atoms with E-state index in [1.165, 1.54) is 109 Å². The first-order valence-corrected chi connectivity index (χ1v) is 33.3. The molecule has 1 heterocycles. The summed E-state index contributed by atoms with van der Waals surface area (Å²) in [5.41, 5.74) is -4.33. The highest BCUT2D eigenvalue weighted by Gasteiger charge is 2.50. The van der Waals surface area contributed by atoms with E-state index in [0.29, 0.717) is 12.8 Å². The number of fused-ring (bicyclic) bond motifs is 3. The summed E-state index contributed by atoms with van der Waals surface area (Å²) in [5, 5.41) is 59.2. The number of hydrogen-bond donors (Lipinski definition) is 6. The number of phenolic OH excluding ortho intramolecular Hbond substituents is 2. The van der Waals surface area contributed by atoms with Crippen molar-refractivity contribution in [3.63, 3.8) is 0 Å². The molecule has 1 amide bonds. The summed E-state index contributed by atoms with van der Waals surface area (Å²) in [6.07, 6.45) is 29.7. The Bertz CT molecular complexity index is 2650. The second kappa shape index (κ2) is 40.0. The minimum Gasteiger partial charge on any atom is -0.507 e. The van der Waals surface area contributed by atoms with Crippen molar-refractivity contribution in [1.82, 2.24) is 5.32 Å². The van der Waals surface area contributed by atoms with Crippen molar-refractivity contribution in [2.45, 2.75) is 275 Å². The van der Waals surface area contributed by atoms with Crippen molar-refractivity contribution in [3.8, 4) is 17.2 Å². The molecule has 2 aliphatic carbocycles. The summed E-state index contributed by atoms with van der Waals surface area (Å²) < 4.78 is 34.3. The van der Waals surface area contributed by atoms with Gasteiger partial charge in [0.15, 0.2) is 24.0 Å². The zero-order valence-electron chi connectivity index (χ0n) is 53.5. The molecule has 89 heavy (non-hydrogen) atoms. The lowest BCUT2D eigenvalue weighted by atomic mass is 9.72. The van der Waals surface area contributed by atoms with E-state index in [-0.39, 0.29) is 53.9 Å². The van der Waals surface area contributed by atoms with Gasteiger partial charge in [-0.2, -0.15) is 0 Å². The Hall–Kier alpha value is -5.99. The Morgan fingerprint density at radius 2 is 1.17 bits per heavy atom. The van der Waals surface area contributed by atoms with Gasteiger partial charge in [0.05, 0.1) is 48.5 Å². The van der Waals surface area contributed by atoms with Gasteiger partial charge in [-0.3, -0.25) is 33.6 Å². The van der Waals surface area contributed by atoms with E-state index >= 15 is 0 Å². The topological polar surface area (TPSA) is 288 Å². The number of unbranched alkanes of at least 4 members (excludes halogenated alkanes) is 22. The van der Waals surface area contributed by atoms with Gasteiger partial charge in [0.25, 0.3) is 0 Å². The summed E-state index contributed by atoms with van der Waals surface area (Å²) in [5.74, 6) is -6.74. The third kappa shape index (κ3) is 23.6. The minimum absolute atomic E-state index is 0.0338. The number of nitrogens with one attached hydrogen (secondary N) is 1. The average Bonchev–Trinajstić information content (AvgIpc) is 0.743. The highest BCUT2D eigenvalue weighted by Crippen LogP contribution is 2.52. The number of benzene rings is 2. The Kier molecular flexibility index (Phi) is 33.1. The lowest BCUT2D eigenvalue weighted by molar-refractivity contribution is -0.249. The molecule has 0 spiro atoms. The lowest BCUT2D eigenvalue weighted by Gasteiger charge is -2.43. The summed E-state index contributed by atoms with van der Waals surface area (Å²) in [4.78, 5) is 93.7. The van der Waals surface area contributed by atoms with Crippen LogP contribution in [0.3, 0.4) is 0 Å². The van der Waals surface area contributed by atoms with Crippen LogP contribution in [0.5, 0.6) is 17.2 Å². The van der Waals surface area contributed by atoms with Gasteiger partial charge in [0.2, 0.25) is 11.7 Å². The number of allylic oxidation sites excluding steroid dienone is 4. The fourth-order valence-corrected chi connectivity index (χ4v) is 11.9. The van der Waals surface area contributed by atoms with E-state index in [2.05, 4.69) is 43.5 Å². The largest absolute Gasteiger partial charge is 0.507 e. The van der Waals surface area contributed by atoms with Gasteiger partial charge in [-0.05, 0) is 77.2 Å². The Labute approximate surface area is 527 Å². The molecule has 5 rings (SSSR count). The normalized spacial score (nSPS) is 20.0. The van der Waals surface area contributed by atoms with Crippen molar-refractivity contribution < 1.29 is 87.5 Å². The second-order valence-corrected chi connectivity index (χ2v) is 24.3. The number of ether oxygens (including phenoxy) is 6. The van der Waals surface area contributed by atoms with Crippen LogP contribution in [-0.2, 0) is 54.1 Å². The quantitative estimate of drug-likeness (QED) is 0.0101. The van der Waals surface area contributed by atoms with Crippen molar-refractivity contribution in [1.29, 1.82) is 0 Å². The maximum Gasteiger partial charge on any atom is 0.306 e. The number of aliphatic hydroxyl groups is 3. The number of rotatable bonds is 44. The number of Topliss-reactive ketones (excluding diaryl/α,β-unsaturated/α-hetero) is 1. The van der Waals surface area contributed by atoms with Crippen molar-refractivity contribution in [3.05, 3.63) is 75.9 Å². The lowest BCUT2D eigenvalue weighted by Crippen LogP contribution is -2.55. The maximum atomic E-state index is 14.1. The first-order chi connectivity index (χ1) is 43.0. The average molecular weight is 1250 g/mol. The van der Waals surface area contributed by atoms with Gasteiger partial charge in [0, 0.05) is 55.2 Å². The predicted molar refractivity (Wildman–Crippen MR) is 336 cm³/mol. The summed E-state index contributed by atoms with van der Waals surface area (Å²) in [6, 6.07) is 3.20. The highest BCUT2D eigenvalue weighted by atomic mass is 16.7. The maximum absolute atomic E-state index is 14.1. The van der Waals surface area contributed by atoms with Crippen molar-refractivity contribution in [2.75, 3.05) is 26.9 Å². The van der Waals surface area contributed by atoms with Crippen LogP contribution in [-0.4, -0.2) is 130 Å². The SMILES string of the molecule is CCCCCCCC/C=C/CCCCCCCC(=O)OCC(COC(=O)CCC(=O)N[C@H]1C[C@H](O[C@H]2C[C@](O)(C(=O)CO)Cc3c(O)c4c(c(O)c32)C(=O)c2c(OC)cccc2C4=O)O[C@@H](C)[C@H]1O)OC(=O)CCCCCCC/C=C/CCCCCCCC. The molecule has 2 aromatic rings. The third-order valence-corrected chi connectivity index (χ3v) is 17.1. The van der Waals surface area contributed by atoms with Crippen LogP contribution < -0.4 is 10.1 Å². The van der Waals surface area contributed by atoms with Crippen LogP contribution in [0, 0.1) is 0 Å². The minimum atomic E-state index is -2.41. The molecule has 7 atom stereocenters. The number of carbonyl (C=O) groups is 7. The number of ketones is 3. The molecule has 0 saturated carbocycles. The van der Waals surface area contributed by atoms with E-state index < -0.39 is 145 Å². The van der Waals surface area contributed by atoms with Crippen LogP contribution in [0.25, 0.3) is 0 Å². The first-order valence-electron chi connectivity index (χ1n) is 33.3. The van der Waals surface area contributed by atoms with Gasteiger partial charge in [0.1, 0.15) is 48.8 Å². The van der Waals surface area contributed by atoms with E-state index in [0.717, 1.165) is 77.0 Å². The molecule has 19 heteroatoms. The summed E-state index contributed by atoms with van der Waals surface area (Å²) in [6.45, 7) is 4.07. The second-order valence-electron chi connectivity index (χ2n) is 24.3. The molecular formula is C70H103NO18. The standard InChI is InChI=1S/C70H103NO18/c1-5-7-9-11-13-15-17-19-21-23-25-27-29-31-33-38-57(75)85-46-49(88-59(77)39-34-32-30-28-26-24-22-20-18-16-14-12-10-8-6-2)47-86-58(76)41-40-56(74)71-52-42-60(87-48(3)65(52)78)89-54-44-70(83,55(73)45-72)43-51-62(54)69(82)64-63(67(51)80)66(79)50-36-35-37-53(84-4)61(50)68(64)81/h19-22,35-37,48-49,52,54,60,65,72,78,80,82-83H,5-18,23-34,38-47H2,1-4H3,(H,71,74)/b21-19+,22-20+/t48-,49?,52-,54-,60-,65+,70-/m0/s1. The molecule has 496 valence electrons. The van der Waals surface area contributed by atoms with Crippen LogP contribution in [0.1, 0.15) is 275 Å². The monoisotopic (exact) mass is 1250 g/mol. The molecule has 1 fully saturated rings. The fourth-order valence-electron chi connectivity index (χ4n) is 11.9. The van der Waals surface area contributed by atoms with Crippen LogP contribution in [0.2, 0.25) is 0 Å².